The highest BCUT2D eigenvalue weighted by Gasteiger charge is 2.23. The standard InChI is InChI=1S/C24H21N5O3/c1-30-21-9-5-6-17-14-20(32-22(17)21)15-18(16-25)23-26-27-24(28-10-12-31-13-11-28)29(23)19-7-3-2-4-8-19/h2-9,14-15H,10-13H2,1H3. The van der Waals surface area contributed by atoms with Gasteiger partial charge in [0, 0.05) is 24.6 Å². The number of morpholine rings is 1. The van der Waals surface area contributed by atoms with Gasteiger partial charge in [-0.1, -0.05) is 30.3 Å². The fourth-order valence-corrected chi connectivity index (χ4v) is 3.81. The topological polar surface area (TPSA) is 89.3 Å². The van der Waals surface area contributed by atoms with Crippen LogP contribution in [0.15, 0.2) is 59.0 Å². The van der Waals surface area contributed by atoms with E-state index in [9.17, 15) is 5.26 Å². The van der Waals surface area contributed by atoms with Crippen molar-refractivity contribution in [2.45, 2.75) is 0 Å². The highest BCUT2D eigenvalue weighted by atomic mass is 16.5. The third kappa shape index (κ3) is 3.59. The van der Waals surface area contributed by atoms with Gasteiger partial charge < -0.3 is 18.8 Å². The molecule has 0 spiro atoms. The summed E-state index contributed by atoms with van der Waals surface area (Å²) in [4.78, 5) is 2.12. The third-order valence-electron chi connectivity index (χ3n) is 5.35. The van der Waals surface area contributed by atoms with Gasteiger partial charge in [0.1, 0.15) is 17.4 Å². The largest absolute Gasteiger partial charge is 0.493 e. The number of nitriles is 1. The van der Waals surface area contributed by atoms with Crippen molar-refractivity contribution >= 4 is 28.6 Å². The van der Waals surface area contributed by atoms with Gasteiger partial charge in [-0.05, 0) is 24.3 Å². The number of hydrogen-bond donors (Lipinski definition) is 0. The Balaban J connectivity index is 1.63. The smallest absolute Gasteiger partial charge is 0.232 e. The Labute approximate surface area is 184 Å². The minimum Gasteiger partial charge on any atom is -0.493 e. The van der Waals surface area contributed by atoms with Crippen LogP contribution in [0.1, 0.15) is 11.6 Å². The molecule has 8 nitrogen and oxygen atoms in total. The molecule has 1 aliphatic heterocycles. The summed E-state index contributed by atoms with van der Waals surface area (Å²) in [5.41, 5.74) is 1.86. The van der Waals surface area contributed by atoms with Crippen molar-refractivity contribution < 1.29 is 13.9 Å². The van der Waals surface area contributed by atoms with Gasteiger partial charge in [-0.15, -0.1) is 10.2 Å². The number of aromatic nitrogens is 3. The molecule has 1 saturated heterocycles. The third-order valence-corrected chi connectivity index (χ3v) is 5.35. The van der Waals surface area contributed by atoms with Gasteiger partial charge in [-0.2, -0.15) is 5.26 Å². The second kappa shape index (κ2) is 8.57. The van der Waals surface area contributed by atoms with Crippen LogP contribution in [0, 0.1) is 11.3 Å². The van der Waals surface area contributed by atoms with Crippen LogP contribution in [0.5, 0.6) is 5.75 Å². The molecule has 2 aromatic carbocycles. The Morgan fingerprint density at radius 3 is 2.66 bits per heavy atom. The number of fused-ring (bicyclic) bond motifs is 1. The molecule has 5 rings (SSSR count). The van der Waals surface area contributed by atoms with Gasteiger partial charge in [0.25, 0.3) is 0 Å². The second-order valence-corrected chi connectivity index (χ2v) is 7.29. The minimum atomic E-state index is 0.346. The number of methoxy groups -OCH3 is 1. The van der Waals surface area contributed by atoms with Crippen LogP contribution in [0.25, 0.3) is 28.3 Å². The van der Waals surface area contributed by atoms with E-state index in [0.717, 1.165) is 11.1 Å². The van der Waals surface area contributed by atoms with Gasteiger partial charge in [0.15, 0.2) is 17.2 Å². The van der Waals surface area contributed by atoms with Crippen molar-refractivity contribution in [2.24, 2.45) is 0 Å². The fraction of sp³-hybridized carbons (Fsp3) is 0.208. The number of furan rings is 1. The molecule has 32 heavy (non-hydrogen) atoms. The number of allylic oxidation sites excluding steroid dienone is 1. The predicted molar refractivity (Wildman–Crippen MR) is 121 cm³/mol. The number of anilines is 1. The molecule has 160 valence electrons. The first-order valence-electron chi connectivity index (χ1n) is 10.3. The molecule has 0 radical (unpaired) electrons. The molecule has 0 unspecified atom stereocenters. The van der Waals surface area contributed by atoms with Gasteiger partial charge in [-0.3, -0.25) is 4.57 Å². The fourth-order valence-electron chi connectivity index (χ4n) is 3.81. The van der Waals surface area contributed by atoms with Gasteiger partial charge in [0.05, 0.1) is 26.0 Å². The van der Waals surface area contributed by atoms with E-state index in [-0.39, 0.29) is 0 Å². The summed E-state index contributed by atoms with van der Waals surface area (Å²) in [5.74, 6) is 2.31. The zero-order chi connectivity index (χ0) is 21.9. The second-order valence-electron chi connectivity index (χ2n) is 7.29. The summed E-state index contributed by atoms with van der Waals surface area (Å²) < 4.78 is 18.7. The first-order chi connectivity index (χ1) is 15.8. The minimum absolute atomic E-state index is 0.346. The number of rotatable bonds is 5. The molecule has 0 atom stereocenters. The highest BCUT2D eigenvalue weighted by molar-refractivity contribution is 5.91. The monoisotopic (exact) mass is 427 g/mol. The summed E-state index contributed by atoms with van der Waals surface area (Å²) in [7, 11) is 1.60. The lowest BCUT2D eigenvalue weighted by atomic mass is 10.2. The molecule has 1 fully saturated rings. The number of para-hydroxylation sites is 2. The van der Waals surface area contributed by atoms with E-state index in [1.807, 2.05) is 59.2 Å². The van der Waals surface area contributed by atoms with Gasteiger partial charge in [0.2, 0.25) is 5.95 Å². The Bertz CT molecular complexity index is 1310. The number of benzene rings is 2. The van der Waals surface area contributed by atoms with Crippen molar-refractivity contribution in [3.63, 3.8) is 0 Å². The van der Waals surface area contributed by atoms with E-state index in [1.165, 1.54) is 0 Å². The van der Waals surface area contributed by atoms with E-state index in [2.05, 4.69) is 21.2 Å². The van der Waals surface area contributed by atoms with E-state index in [4.69, 9.17) is 13.9 Å². The summed E-state index contributed by atoms with van der Waals surface area (Å²) in [6.07, 6.45) is 1.69. The predicted octanol–water partition coefficient (Wildman–Crippen LogP) is 3.92. The molecular formula is C24H21N5O3. The molecule has 0 N–H and O–H groups in total. The maximum Gasteiger partial charge on any atom is 0.232 e. The average molecular weight is 427 g/mol. The van der Waals surface area contributed by atoms with Crippen molar-refractivity contribution in [3.05, 3.63) is 66.2 Å². The number of ether oxygens (including phenoxy) is 2. The molecule has 0 bridgehead atoms. The van der Waals surface area contributed by atoms with Crippen molar-refractivity contribution in [2.75, 3.05) is 38.3 Å². The highest BCUT2D eigenvalue weighted by Crippen LogP contribution is 2.31. The summed E-state index contributed by atoms with van der Waals surface area (Å²) >= 11 is 0. The number of hydrogen-bond acceptors (Lipinski definition) is 7. The molecule has 3 heterocycles. The molecule has 2 aromatic heterocycles. The zero-order valence-electron chi connectivity index (χ0n) is 17.6. The van der Waals surface area contributed by atoms with E-state index in [1.54, 1.807) is 13.2 Å². The summed E-state index contributed by atoms with van der Waals surface area (Å²) in [6.45, 7) is 2.66. The molecule has 1 aliphatic rings. The quantitative estimate of drug-likeness (QED) is 0.446. The molecule has 8 heteroatoms. The lowest BCUT2D eigenvalue weighted by Gasteiger charge is -2.28. The van der Waals surface area contributed by atoms with Gasteiger partial charge in [-0.25, -0.2) is 0 Å². The normalized spacial score (nSPS) is 14.5. The SMILES string of the molecule is COc1cccc2cc(C=C(C#N)c3nnc(N4CCOCC4)n3-c3ccccc3)oc12. The first kappa shape index (κ1) is 19.8. The lowest BCUT2D eigenvalue weighted by molar-refractivity contribution is 0.122. The van der Waals surface area contributed by atoms with Crippen LogP contribution in [0.4, 0.5) is 5.95 Å². The summed E-state index contributed by atoms with van der Waals surface area (Å²) in [6, 6.07) is 19.6. The Morgan fingerprint density at radius 2 is 1.91 bits per heavy atom. The molecule has 4 aromatic rings. The van der Waals surface area contributed by atoms with E-state index >= 15 is 0 Å². The zero-order valence-corrected chi connectivity index (χ0v) is 17.6. The molecule has 0 amide bonds. The van der Waals surface area contributed by atoms with E-state index in [0.29, 0.717) is 60.7 Å². The Kier molecular flexibility index (Phi) is 5.32. The van der Waals surface area contributed by atoms with Crippen LogP contribution in [-0.4, -0.2) is 48.2 Å². The van der Waals surface area contributed by atoms with Crippen LogP contribution in [-0.2, 0) is 4.74 Å². The van der Waals surface area contributed by atoms with Crippen LogP contribution in [0.3, 0.4) is 0 Å². The van der Waals surface area contributed by atoms with Crippen molar-refractivity contribution in [1.29, 1.82) is 5.26 Å². The average Bonchev–Trinajstić information content (AvgIpc) is 3.47. The molecular weight excluding hydrogens is 406 g/mol. The van der Waals surface area contributed by atoms with Gasteiger partial charge >= 0.3 is 0 Å². The Morgan fingerprint density at radius 1 is 1.09 bits per heavy atom. The summed E-state index contributed by atoms with van der Waals surface area (Å²) in [5, 5.41) is 19.7. The van der Waals surface area contributed by atoms with Crippen molar-refractivity contribution in [3.8, 4) is 17.5 Å². The molecule has 0 saturated carbocycles. The van der Waals surface area contributed by atoms with E-state index < -0.39 is 0 Å². The van der Waals surface area contributed by atoms with Crippen LogP contribution in [0.2, 0.25) is 0 Å². The van der Waals surface area contributed by atoms with Crippen molar-refractivity contribution in [1.82, 2.24) is 14.8 Å². The number of nitrogens with zero attached hydrogens (tertiary/aromatic N) is 5. The van der Waals surface area contributed by atoms with Crippen LogP contribution < -0.4 is 9.64 Å². The maximum atomic E-state index is 10.0. The molecule has 0 aliphatic carbocycles. The first-order valence-corrected chi connectivity index (χ1v) is 10.3. The van der Waals surface area contributed by atoms with Crippen LogP contribution >= 0.6 is 0 Å². The Hall–Kier alpha value is -4.09. The lowest BCUT2D eigenvalue weighted by Crippen LogP contribution is -2.38. The maximum absolute atomic E-state index is 10.0.